The third-order valence-electron chi connectivity index (χ3n) is 14.0. The fourth-order valence-electron chi connectivity index (χ4n) is 10.2. The van der Waals surface area contributed by atoms with Crippen molar-refractivity contribution >= 4 is 83.8 Å². The van der Waals surface area contributed by atoms with E-state index in [1.54, 1.807) is 42.5 Å². The van der Waals surface area contributed by atoms with Crippen LogP contribution in [0, 0.1) is 23.3 Å². The number of carbonyl (C=O) groups is 3. The second-order valence-electron chi connectivity index (χ2n) is 19.6. The van der Waals surface area contributed by atoms with E-state index in [1.165, 1.54) is 58.3 Å². The summed E-state index contributed by atoms with van der Waals surface area (Å²) in [5.41, 5.74) is 9.39. The van der Waals surface area contributed by atoms with Gasteiger partial charge in [0.25, 0.3) is 5.56 Å². The Morgan fingerprint density at radius 2 is 1.47 bits per heavy atom. The van der Waals surface area contributed by atoms with Gasteiger partial charge in [0, 0.05) is 77.0 Å². The van der Waals surface area contributed by atoms with E-state index >= 15 is 17.6 Å². The highest BCUT2D eigenvalue weighted by Gasteiger charge is 2.35. The van der Waals surface area contributed by atoms with Crippen molar-refractivity contribution in [3.63, 3.8) is 0 Å². The number of rotatable bonds is 14. The Morgan fingerprint density at radius 1 is 0.785 bits per heavy atom. The lowest BCUT2D eigenvalue weighted by atomic mass is 9.92. The van der Waals surface area contributed by atoms with Crippen molar-refractivity contribution in [3.8, 4) is 16.9 Å². The van der Waals surface area contributed by atoms with Crippen LogP contribution in [-0.2, 0) is 33.8 Å². The number of ketones is 1. The van der Waals surface area contributed by atoms with Crippen molar-refractivity contribution in [2.75, 3.05) is 66.8 Å². The SMILES string of the molecule is CN(C)CCOC(=O)c1c(-c2ccc[nH]c2=O)c2c3occc3c(F)cc2n1Cc1cc2[nH]cnc2cc1F.CN(C)CCOC(=O)c1c(C2=CC=CCC2=O)c2c3c(c(F)cc2n1Cc1cc2c(N)n[nH]c2cc1F)CCO3. The number of anilines is 1. The number of aromatic amines is 3. The fourth-order valence-corrected chi connectivity index (χ4v) is 10.2. The molecule has 0 fully saturated rings. The van der Waals surface area contributed by atoms with E-state index in [0.717, 1.165) is 0 Å². The number of furan rings is 1. The van der Waals surface area contributed by atoms with Gasteiger partial charge in [0.2, 0.25) is 0 Å². The molecular formula is C57H50F4N10O8. The third-order valence-corrected chi connectivity index (χ3v) is 14.0. The molecule has 0 saturated heterocycles. The van der Waals surface area contributed by atoms with Gasteiger partial charge in [-0.15, -0.1) is 0 Å². The van der Waals surface area contributed by atoms with Crippen LogP contribution in [0.4, 0.5) is 23.4 Å². The standard InChI is InChI=1S/C29H27F2N5O4.C28H23F2N5O4/c1-35(2)8-10-40-29(38)26-24(17-5-3-4-6-23(17)37)25-22(13-20(31)16-7-9-39-27(16)25)36(26)14-15-11-18-21(12-19(15)30)33-34-28(18)32;1-34(2)7-9-39-28(37)25-23(17-4-3-6-31-27(17)36)24-22(12-19(30)16-5-8-38-26(16)24)35(25)13-15-10-20-21(11-18(15)29)33-14-32-20/h3-5,11-13H,6-10,14H2,1-2H3,(H3,32,33,34);3-6,8,10-12,14H,7,9,13H2,1-2H3,(H,31,36)(H,32,33). The van der Waals surface area contributed by atoms with Crippen molar-refractivity contribution in [2.45, 2.75) is 25.9 Å². The monoisotopic (exact) mass is 1080 g/mol. The predicted octanol–water partition coefficient (Wildman–Crippen LogP) is 8.66. The third kappa shape index (κ3) is 9.47. The number of ether oxygens (including phenoxy) is 3. The summed E-state index contributed by atoms with van der Waals surface area (Å²) in [6, 6.07) is 12.9. The molecule has 0 saturated carbocycles. The van der Waals surface area contributed by atoms with Crippen molar-refractivity contribution in [3.05, 3.63) is 159 Å². The quantitative estimate of drug-likeness (QED) is 0.0592. The van der Waals surface area contributed by atoms with E-state index in [1.807, 2.05) is 38.0 Å². The lowest BCUT2D eigenvalue weighted by Gasteiger charge is -2.15. The maximum absolute atomic E-state index is 15.4. The van der Waals surface area contributed by atoms with Gasteiger partial charge in [0.15, 0.2) is 11.6 Å². The number of hydrogen-bond donors (Lipinski definition) is 4. The van der Waals surface area contributed by atoms with E-state index in [0.29, 0.717) is 63.3 Å². The number of benzene rings is 4. The molecule has 0 bridgehead atoms. The number of nitrogen functional groups attached to an aromatic ring is 1. The Kier molecular flexibility index (Phi) is 13.7. The van der Waals surface area contributed by atoms with Gasteiger partial charge in [-0.05, 0) is 76.7 Å². The number of fused-ring (bicyclic) bond motifs is 8. The molecule has 6 aromatic heterocycles. The number of nitrogens with zero attached hydrogens (tertiary/aromatic N) is 6. The zero-order chi connectivity index (χ0) is 55.4. The molecule has 1 aliphatic carbocycles. The molecule has 0 spiro atoms. The Morgan fingerprint density at radius 3 is 2.18 bits per heavy atom. The van der Waals surface area contributed by atoms with Crippen LogP contribution in [0.3, 0.4) is 0 Å². The van der Waals surface area contributed by atoms with Crippen LogP contribution >= 0.6 is 0 Å². The van der Waals surface area contributed by atoms with E-state index in [4.69, 9.17) is 24.4 Å². The van der Waals surface area contributed by atoms with Crippen LogP contribution in [0.25, 0.3) is 71.4 Å². The Bertz CT molecular complexity index is 4230. The number of nitrogens with one attached hydrogen (secondary N) is 3. The summed E-state index contributed by atoms with van der Waals surface area (Å²) >= 11 is 0. The molecule has 0 unspecified atom stereocenters. The molecule has 10 aromatic rings. The fraction of sp³-hybridized carbons (Fsp3) is 0.228. The van der Waals surface area contributed by atoms with E-state index in [2.05, 4.69) is 25.1 Å². The Balaban J connectivity index is 0.000000167. The zero-order valence-corrected chi connectivity index (χ0v) is 43.1. The molecule has 1 aliphatic heterocycles. The number of hydrogen-bond acceptors (Lipinski definition) is 13. The average molecular weight is 1080 g/mol. The van der Waals surface area contributed by atoms with E-state index < -0.39 is 40.8 Å². The van der Waals surface area contributed by atoms with Crippen molar-refractivity contribution in [2.24, 2.45) is 0 Å². The van der Waals surface area contributed by atoms with Crippen molar-refractivity contribution in [1.82, 2.24) is 44.1 Å². The van der Waals surface area contributed by atoms with Gasteiger partial charge in [-0.2, -0.15) is 5.10 Å². The Labute approximate surface area is 445 Å². The summed E-state index contributed by atoms with van der Waals surface area (Å²) in [5, 5.41) is 8.08. The van der Waals surface area contributed by atoms with Gasteiger partial charge in [0.05, 0.1) is 81.6 Å². The number of esters is 2. The largest absolute Gasteiger partial charge is 0.492 e. The minimum Gasteiger partial charge on any atom is -0.492 e. The van der Waals surface area contributed by atoms with Gasteiger partial charge in [0.1, 0.15) is 59.2 Å². The lowest BCUT2D eigenvalue weighted by Crippen LogP contribution is -2.22. The molecule has 404 valence electrons. The minimum absolute atomic E-state index is 0.0200. The number of carbonyl (C=O) groups excluding carboxylic acids is 3. The maximum Gasteiger partial charge on any atom is 0.355 e. The highest BCUT2D eigenvalue weighted by atomic mass is 19.1. The first-order chi connectivity index (χ1) is 38.1. The first-order valence-corrected chi connectivity index (χ1v) is 25.1. The minimum atomic E-state index is -0.741. The molecule has 7 heterocycles. The van der Waals surface area contributed by atoms with E-state index in [-0.39, 0.29) is 118 Å². The van der Waals surface area contributed by atoms with E-state index in [9.17, 15) is 19.2 Å². The molecular weight excluding hydrogens is 1030 g/mol. The van der Waals surface area contributed by atoms with Gasteiger partial charge in [-0.3, -0.25) is 14.7 Å². The van der Waals surface area contributed by atoms with Crippen LogP contribution in [0.1, 0.15) is 49.7 Å². The van der Waals surface area contributed by atoms with Gasteiger partial charge in [-0.25, -0.2) is 32.1 Å². The molecule has 2 aliphatic rings. The highest BCUT2D eigenvalue weighted by Crippen LogP contribution is 2.45. The first-order valence-electron chi connectivity index (χ1n) is 25.1. The number of Topliss-reactive ketones (excluding diaryl/α,β-unsaturated/α-hetero) is 1. The van der Waals surface area contributed by atoms with Crippen LogP contribution in [0.5, 0.6) is 5.75 Å². The normalized spacial score (nSPS) is 13.3. The number of halogens is 4. The van der Waals surface area contributed by atoms with Gasteiger partial charge < -0.3 is 53.3 Å². The number of allylic oxidation sites excluding steroid dienone is 4. The molecule has 0 atom stereocenters. The average Bonchev–Trinajstić information content (AvgIpc) is 4.39. The van der Waals surface area contributed by atoms with Crippen LogP contribution < -0.4 is 16.0 Å². The summed E-state index contributed by atoms with van der Waals surface area (Å²) in [5.74, 6) is -3.40. The molecule has 5 N–H and O–H groups in total. The number of likely N-dealkylation sites (N-methyl/N-ethyl adjacent to an activating group) is 2. The molecule has 12 rings (SSSR count). The second kappa shape index (κ2) is 20.9. The summed E-state index contributed by atoms with van der Waals surface area (Å²) in [4.78, 5) is 67.1. The maximum atomic E-state index is 15.4. The topological polar surface area (TPSA) is 225 Å². The van der Waals surface area contributed by atoms with Crippen LogP contribution in [-0.4, -0.2) is 123 Å². The second-order valence-corrected chi connectivity index (χ2v) is 19.6. The van der Waals surface area contributed by atoms with Crippen LogP contribution in [0.15, 0.2) is 101 Å². The number of pyridine rings is 1. The number of nitrogens with two attached hydrogens (primary N) is 1. The first kappa shape index (κ1) is 51.8. The van der Waals surface area contributed by atoms with Crippen molar-refractivity contribution in [1.29, 1.82) is 0 Å². The molecule has 4 aromatic carbocycles. The van der Waals surface area contributed by atoms with Crippen LogP contribution in [0.2, 0.25) is 0 Å². The molecule has 0 amide bonds. The number of H-pyrrole nitrogens is 3. The summed E-state index contributed by atoms with van der Waals surface area (Å²) < 4.78 is 87.1. The summed E-state index contributed by atoms with van der Waals surface area (Å²) in [6.45, 7) is 0.990. The van der Waals surface area contributed by atoms with Gasteiger partial charge in [-0.1, -0.05) is 18.2 Å². The summed E-state index contributed by atoms with van der Waals surface area (Å²) in [7, 11) is 7.37. The van der Waals surface area contributed by atoms with Crippen molar-refractivity contribution < 1.29 is 50.6 Å². The number of imidazole rings is 1. The Hall–Kier alpha value is -9.28. The molecule has 79 heavy (non-hydrogen) atoms. The molecule has 18 nitrogen and oxygen atoms in total. The molecule has 0 radical (unpaired) electrons. The zero-order valence-electron chi connectivity index (χ0n) is 43.1. The van der Waals surface area contributed by atoms with Gasteiger partial charge >= 0.3 is 11.9 Å². The molecule has 22 heteroatoms. The number of aromatic nitrogens is 7. The lowest BCUT2D eigenvalue weighted by molar-refractivity contribution is -0.113. The summed E-state index contributed by atoms with van der Waals surface area (Å²) in [6.07, 6.45) is 9.84. The highest BCUT2D eigenvalue weighted by molar-refractivity contribution is 6.28. The predicted molar refractivity (Wildman–Crippen MR) is 288 cm³/mol. The smallest absolute Gasteiger partial charge is 0.355 e.